The molecule has 1 atom stereocenters. The van der Waals surface area contributed by atoms with Crippen molar-refractivity contribution < 1.29 is 9.94 Å². The summed E-state index contributed by atoms with van der Waals surface area (Å²) in [6.45, 7) is 1.95. The number of nitrogens with zero attached hydrogens (tertiary/aromatic N) is 1. The van der Waals surface area contributed by atoms with Crippen molar-refractivity contribution in [2.75, 3.05) is 12.4 Å². The molecule has 1 rings (SSSR count). The van der Waals surface area contributed by atoms with E-state index in [2.05, 4.69) is 10.5 Å². The largest absolute Gasteiger partial charge is 0.495 e. The van der Waals surface area contributed by atoms with Gasteiger partial charge in [-0.2, -0.15) is 0 Å². The van der Waals surface area contributed by atoms with Crippen LogP contribution in [0.3, 0.4) is 0 Å². The zero-order chi connectivity index (χ0) is 12.0. The average molecular weight is 223 g/mol. The van der Waals surface area contributed by atoms with Crippen LogP contribution in [0.15, 0.2) is 29.4 Å². The quantitative estimate of drug-likeness (QED) is 0.307. The average Bonchev–Trinajstić information content (AvgIpc) is 2.29. The van der Waals surface area contributed by atoms with Crippen LogP contribution < -0.4 is 15.8 Å². The Bertz CT molecular complexity index is 366. The monoisotopic (exact) mass is 223 g/mol. The fourth-order valence-electron chi connectivity index (χ4n) is 1.43. The van der Waals surface area contributed by atoms with E-state index in [0.29, 0.717) is 6.42 Å². The molecule has 0 radical (unpaired) electrons. The first kappa shape index (κ1) is 12.2. The number of amidine groups is 1. The second-order valence-corrected chi connectivity index (χ2v) is 3.54. The van der Waals surface area contributed by atoms with E-state index in [1.165, 1.54) is 0 Å². The number of rotatable bonds is 5. The van der Waals surface area contributed by atoms with Gasteiger partial charge in [-0.05, 0) is 19.1 Å². The molecule has 0 aliphatic rings. The first-order valence-corrected chi connectivity index (χ1v) is 5.03. The van der Waals surface area contributed by atoms with Crippen LogP contribution in [0.5, 0.6) is 5.75 Å². The van der Waals surface area contributed by atoms with E-state index in [4.69, 9.17) is 15.7 Å². The van der Waals surface area contributed by atoms with E-state index in [9.17, 15) is 0 Å². The van der Waals surface area contributed by atoms with Crippen LogP contribution in [0.2, 0.25) is 0 Å². The Labute approximate surface area is 94.9 Å². The van der Waals surface area contributed by atoms with Gasteiger partial charge < -0.3 is 21.0 Å². The minimum atomic E-state index is 0.0622. The third kappa shape index (κ3) is 3.34. The number of ether oxygens (including phenoxy) is 1. The van der Waals surface area contributed by atoms with Crippen molar-refractivity contribution in [3.63, 3.8) is 0 Å². The molecule has 1 aromatic rings. The van der Waals surface area contributed by atoms with E-state index in [1.807, 2.05) is 31.2 Å². The Kier molecular flexibility index (Phi) is 4.44. The minimum Gasteiger partial charge on any atom is -0.495 e. The zero-order valence-electron chi connectivity index (χ0n) is 9.47. The summed E-state index contributed by atoms with van der Waals surface area (Å²) in [6, 6.07) is 7.67. The number of para-hydroxylation sites is 2. The molecule has 88 valence electrons. The van der Waals surface area contributed by atoms with Gasteiger partial charge in [0.25, 0.3) is 0 Å². The van der Waals surface area contributed by atoms with Gasteiger partial charge in [0.1, 0.15) is 11.6 Å². The maximum absolute atomic E-state index is 8.46. The Morgan fingerprint density at radius 2 is 2.25 bits per heavy atom. The smallest absolute Gasteiger partial charge is 0.141 e. The van der Waals surface area contributed by atoms with Crippen LogP contribution in [0.4, 0.5) is 5.69 Å². The normalized spacial score (nSPS) is 13.2. The summed E-state index contributed by atoms with van der Waals surface area (Å²) >= 11 is 0. The molecule has 0 aromatic heterocycles. The third-order valence-electron chi connectivity index (χ3n) is 2.15. The minimum absolute atomic E-state index is 0.0622. The lowest BCUT2D eigenvalue weighted by Gasteiger charge is -2.16. The van der Waals surface area contributed by atoms with Crippen LogP contribution in [-0.2, 0) is 0 Å². The highest BCUT2D eigenvalue weighted by Gasteiger charge is 2.07. The molecule has 16 heavy (non-hydrogen) atoms. The van der Waals surface area contributed by atoms with Crippen molar-refractivity contribution in [3.8, 4) is 5.75 Å². The first-order valence-electron chi connectivity index (χ1n) is 5.03. The van der Waals surface area contributed by atoms with E-state index in [-0.39, 0.29) is 11.9 Å². The molecule has 0 aliphatic carbocycles. The fourth-order valence-corrected chi connectivity index (χ4v) is 1.43. The Hall–Kier alpha value is -1.91. The van der Waals surface area contributed by atoms with Gasteiger partial charge in [0.2, 0.25) is 0 Å². The molecule has 5 nitrogen and oxygen atoms in total. The van der Waals surface area contributed by atoms with Crippen molar-refractivity contribution in [3.05, 3.63) is 24.3 Å². The molecule has 4 N–H and O–H groups in total. The Morgan fingerprint density at radius 3 is 2.88 bits per heavy atom. The highest BCUT2D eigenvalue weighted by atomic mass is 16.5. The van der Waals surface area contributed by atoms with Crippen molar-refractivity contribution in [1.82, 2.24) is 0 Å². The number of nitrogens with two attached hydrogens (primary N) is 1. The summed E-state index contributed by atoms with van der Waals surface area (Å²) in [7, 11) is 1.62. The topological polar surface area (TPSA) is 79.9 Å². The second-order valence-electron chi connectivity index (χ2n) is 3.54. The van der Waals surface area contributed by atoms with Crippen molar-refractivity contribution >= 4 is 11.5 Å². The van der Waals surface area contributed by atoms with Crippen molar-refractivity contribution in [2.45, 2.75) is 19.4 Å². The van der Waals surface area contributed by atoms with Crippen LogP contribution in [0.1, 0.15) is 13.3 Å². The molecular weight excluding hydrogens is 206 g/mol. The van der Waals surface area contributed by atoms with Gasteiger partial charge in [0.05, 0.1) is 12.8 Å². The molecule has 1 unspecified atom stereocenters. The molecule has 0 saturated heterocycles. The highest BCUT2D eigenvalue weighted by molar-refractivity contribution is 5.80. The summed E-state index contributed by atoms with van der Waals surface area (Å²) in [5, 5.41) is 14.6. The molecule has 0 bridgehead atoms. The van der Waals surface area contributed by atoms with Crippen LogP contribution in [-0.4, -0.2) is 24.2 Å². The van der Waals surface area contributed by atoms with Crippen LogP contribution >= 0.6 is 0 Å². The van der Waals surface area contributed by atoms with Gasteiger partial charge in [0, 0.05) is 12.5 Å². The summed E-state index contributed by atoms with van der Waals surface area (Å²) in [4.78, 5) is 0. The predicted octanol–water partition coefficient (Wildman–Crippen LogP) is 1.63. The Balaban J connectivity index is 2.65. The predicted molar refractivity (Wildman–Crippen MR) is 64.1 cm³/mol. The molecule has 0 fully saturated rings. The summed E-state index contributed by atoms with van der Waals surface area (Å²) in [6.07, 6.45) is 0.467. The zero-order valence-corrected chi connectivity index (χ0v) is 9.47. The number of hydrogen-bond acceptors (Lipinski definition) is 4. The molecule has 0 saturated carbocycles. The third-order valence-corrected chi connectivity index (χ3v) is 2.15. The van der Waals surface area contributed by atoms with Crippen LogP contribution in [0, 0.1) is 0 Å². The lowest BCUT2D eigenvalue weighted by Crippen LogP contribution is -2.24. The van der Waals surface area contributed by atoms with Crippen LogP contribution in [0.25, 0.3) is 0 Å². The number of benzene rings is 1. The lowest BCUT2D eigenvalue weighted by molar-refractivity contribution is 0.316. The fraction of sp³-hybridized carbons (Fsp3) is 0.364. The van der Waals surface area contributed by atoms with E-state index in [0.717, 1.165) is 11.4 Å². The highest BCUT2D eigenvalue weighted by Crippen LogP contribution is 2.24. The van der Waals surface area contributed by atoms with Crippen molar-refractivity contribution in [1.29, 1.82) is 0 Å². The molecule has 5 heteroatoms. The number of oxime groups is 1. The first-order chi connectivity index (χ1) is 7.67. The molecule has 0 amide bonds. The summed E-state index contributed by atoms with van der Waals surface area (Å²) < 4.78 is 5.20. The van der Waals surface area contributed by atoms with E-state index in [1.54, 1.807) is 7.11 Å². The van der Waals surface area contributed by atoms with Gasteiger partial charge in [-0.15, -0.1) is 0 Å². The summed E-state index contributed by atoms with van der Waals surface area (Å²) in [5.74, 6) is 0.976. The maximum atomic E-state index is 8.46. The maximum Gasteiger partial charge on any atom is 0.141 e. The Morgan fingerprint density at radius 1 is 1.56 bits per heavy atom. The van der Waals surface area contributed by atoms with Gasteiger partial charge in [0.15, 0.2) is 0 Å². The van der Waals surface area contributed by atoms with E-state index >= 15 is 0 Å². The van der Waals surface area contributed by atoms with E-state index < -0.39 is 0 Å². The molecule has 0 aliphatic heterocycles. The lowest BCUT2D eigenvalue weighted by atomic mass is 10.2. The molecular formula is C11H17N3O2. The van der Waals surface area contributed by atoms with Crippen molar-refractivity contribution in [2.24, 2.45) is 10.9 Å². The number of nitrogens with one attached hydrogen (secondary N) is 1. The van der Waals surface area contributed by atoms with Gasteiger partial charge in [-0.1, -0.05) is 17.3 Å². The standard InChI is InChI=1S/C11H17N3O2/c1-8(7-11(12)14-15)13-9-5-3-4-6-10(9)16-2/h3-6,8,13,15H,7H2,1-2H3,(H2,12,14). The number of anilines is 1. The number of methoxy groups -OCH3 is 1. The summed E-state index contributed by atoms with van der Waals surface area (Å²) in [5.41, 5.74) is 6.32. The second kappa shape index (κ2) is 5.85. The molecule has 0 spiro atoms. The van der Waals surface area contributed by atoms with Gasteiger partial charge >= 0.3 is 0 Å². The van der Waals surface area contributed by atoms with Gasteiger partial charge in [-0.3, -0.25) is 0 Å². The SMILES string of the molecule is COc1ccccc1NC(C)CC(N)=NO. The molecule has 1 aromatic carbocycles. The number of hydrogen-bond donors (Lipinski definition) is 3. The molecule has 0 heterocycles. The van der Waals surface area contributed by atoms with Gasteiger partial charge in [-0.25, -0.2) is 0 Å².